The second-order valence-corrected chi connectivity index (χ2v) is 4.66. The first-order valence-corrected chi connectivity index (χ1v) is 6.65. The summed E-state index contributed by atoms with van der Waals surface area (Å²) in [4.78, 5) is 14.2. The van der Waals surface area contributed by atoms with Crippen LogP contribution >= 0.6 is 11.6 Å². The fourth-order valence-corrected chi connectivity index (χ4v) is 2.07. The third-order valence-corrected chi connectivity index (χ3v) is 3.21. The fraction of sp³-hybridized carbons (Fsp3) is 0.267. The molecule has 0 radical (unpaired) electrons. The van der Waals surface area contributed by atoms with E-state index in [1.807, 2.05) is 30.3 Å². The Morgan fingerprint density at radius 2 is 2.05 bits per heavy atom. The number of nitrogens with zero attached hydrogens (tertiary/aromatic N) is 1. The highest BCUT2D eigenvalue weighted by molar-refractivity contribution is 6.32. The molecule has 106 valence electrons. The maximum atomic E-state index is 12.5. The topological polar surface area (TPSA) is 42.7 Å². The molecule has 0 fully saturated rings. The largest absolute Gasteiger partial charge is 0.452 e. The maximum absolute atomic E-state index is 12.5. The molecule has 0 aliphatic heterocycles. The molecule has 0 spiro atoms. The van der Waals surface area contributed by atoms with E-state index in [0.717, 1.165) is 5.56 Å². The number of carbonyl (C=O) groups excluding carboxylic acids is 1. The molecular weight excluding hydrogens is 278 g/mol. The predicted molar refractivity (Wildman–Crippen MR) is 76.8 cm³/mol. The van der Waals surface area contributed by atoms with E-state index in [1.54, 1.807) is 18.1 Å². The van der Waals surface area contributed by atoms with Crippen molar-refractivity contribution in [3.05, 3.63) is 59.0 Å². The molecule has 0 unspecified atom stereocenters. The molecule has 2 rings (SSSR count). The van der Waals surface area contributed by atoms with Crippen molar-refractivity contribution in [1.29, 1.82) is 0 Å². The standard InChI is InChI=1S/C15H16ClNO3/c1-19-10-8-17(11-12-5-3-2-4-6-12)15(18)13-7-9-20-14(13)16/h2-7,9H,8,10-11H2,1H3. The monoisotopic (exact) mass is 293 g/mol. The minimum absolute atomic E-state index is 0.116. The van der Waals surface area contributed by atoms with E-state index in [-0.39, 0.29) is 11.1 Å². The van der Waals surface area contributed by atoms with Gasteiger partial charge in [-0.2, -0.15) is 0 Å². The summed E-state index contributed by atoms with van der Waals surface area (Å²) in [5.41, 5.74) is 1.43. The second kappa shape index (κ2) is 7.12. The van der Waals surface area contributed by atoms with Gasteiger partial charge in [0.25, 0.3) is 5.91 Å². The van der Waals surface area contributed by atoms with Gasteiger partial charge >= 0.3 is 0 Å². The Bertz CT molecular complexity index is 553. The van der Waals surface area contributed by atoms with Gasteiger partial charge < -0.3 is 14.1 Å². The van der Waals surface area contributed by atoms with E-state index in [1.165, 1.54) is 6.26 Å². The molecule has 1 amide bonds. The molecule has 0 saturated carbocycles. The average Bonchev–Trinajstić information content (AvgIpc) is 2.90. The first-order chi connectivity index (χ1) is 9.72. The van der Waals surface area contributed by atoms with Crippen LogP contribution < -0.4 is 0 Å². The van der Waals surface area contributed by atoms with Gasteiger partial charge in [-0.1, -0.05) is 30.3 Å². The van der Waals surface area contributed by atoms with Crippen molar-refractivity contribution in [3.8, 4) is 0 Å². The molecule has 4 nitrogen and oxygen atoms in total. The molecule has 1 heterocycles. The molecule has 20 heavy (non-hydrogen) atoms. The van der Waals surface area contributed by atoms with Crippen molar-refractivity contribution in [3.63, 3.8) is 0 Å². The summed E-state index contributed by atoms with van der Waals surface area (Å²) in [6, 6.07) is 11.4. The summed E-state index contributed by atoms with van der Waals surface area (Å²) in [6.07, 6.45) is 1.41. The highest BCUT2D eigenvalue weighted by atomic mass is 35.5. The molecular formula is C15H16ClNO3. The average molecular weight is 294 g/mol. The summed E-state index contributed by atoms with van der Waals surface area (Å²) >= 11 is 5.87. The van der Waals surface area contributed by atoms with Crippen LogP contribution in [0.5, 0.6) is 0 Å². The molecule has 0 N–H and O–H groups in total. The summed E-state index contributed by atoms with van der Waals surface area (Å²) in [7, 11) is 1.61. The highest BCUT2D eigenvalue weighted by Crippen LogP contribution is 2.19. The molecule has 2 aromatic rings. The van der Waals surface area contributed by atoms with Crippen LogP contribution in [0, 0.1) is 0 Å². The molecule has 5 heteroatoms. The van der Waals surface area contributed by atoms with E-state index in [9.17, 15) is 4.79 Å². The van der Waals surface area contributed by atoms with Gasteiger partial charge in [0.1, 0.15) is 0 Å². The second-order valence-electron chi connectivity index (χ2n) is 4.31. The molecule has 0 aliphatic rings. The maximum Gasteiger partial charge on any atom is 0.259 e. The lowest BCUT2D eigenvalue weighted by Crippen LogP contribution is -2.33. The summed E-state index contributed by atoms with van der Waals surface area (Å²) in [5, 5.41) is 0.116. The van der Waals surface area contributed by atoms with Crippen molar-refractivity contribution in [1.82, 2.24) is 4.90 Å². The third-order valence-electron chi connectivity index (χ3n) is 2.92. The van der Waals surface area contributed by atoms with Gasteiger partial charge in [-0.05, 0) is 23.2 Å². The summed E-state index contributed by atoms with van der Waals surface area (Å²) in [5.74, 6) is -0.162. The quantitative estimate of drug-likeness (QED) is 0.821. The van der Waals surface area contributed by atoms with Crippen molar-refractivity contribution >= 4 is 17.5 Å². The Labute approximate surface area is 122 Å². The number of furan rings is 1. The van der Waals surface area contributed by atoms with E-state index < -0.39 is 0 Å². The number of rotatable bonds is 6. The number of ether oxygens (including phenoxy) is 1. The van der Waals surface area contributed by atoms with Crippen molar-refractivity contribution in [2.45, 2.75) is 6.54 Å². The Morgan fingerprint density at radius 1 is 1.30 bits per heavy atom. The number of benzene rings is 1. The van der Waals surface area contributed by atoms with Crippen LogP contribution in [-0.4, -0.2) is 31.1 Å². The van der Waals surface area contributed by atoms with E-state index in [0.29, 0.717) is 25.3 Å². The van der Waals surface area contributed by atoms with Crippen LogP contribution in [0.3, 0.4) is 0 Å². The Morgan fingerprint density at radius 3 is 2.65 bits per heavy atom. The van der Waals surface area contributed by atoms with E-state index in [4.69, 9.17) is 20.8 Å². The van der Waals surface area contributed by atoms with Crippen molar-refractivity contribution < 1.29 is 13.9 Å². The highest BCUT2D eigenvalue weighted by Gasteiger charge is 2.20. The van der Waals surface area contributed by atoms with E-state index >= 15 is 0 Å². The first-order valence-electron chi connectivity index (χ1n) is 6.27. The van der Waals surface area contributed by atoms with Crippen LogP contribution in [0.25, 0.3) is 0 Å². The lowest BCUT2D eigenvalue weighted by atomic mass is 10.2. The Hall–Kier alpha value is -1.78. The van der Waals surface area contributed by atoms with Crippen LogP contribution in [0.4, 0.5) is 0 Å². The zero-order valence-electron chi connectivity index (χ0n) is 11.2. The number of carbonyl (C=O) groups is 1. The number of hydrogen-bond donors (Lipinski definition) is 0. The van der Waals surface area contributed by atoms with Gasteiger partial charge in [-0.15, -0.1) is 0 Å². The number of hydrogen-bond acceptors (Lipinski definition) is 3. The van der Waals surface area contributed by atoms with Crippen LogP contribution in [-0.2, 0) is 11.3 Å². The number of halogens is 1. The number of amides is 1. The fourth-order valence-electron chi connectivity index (χ4n) is 1.87. The lowest BCUT2D eigenvalue weighted by molar-refractivity contribution is 0.0680. The van der Waals surface area contributed by atoms with Crippen LogP contribution in [0.1, 0.15) is 15.9 Å². The van der Waals surface area contributed by atoms with Gasteiger partial charge in [0, 0.05) is 20.2 Å². The third kappa shape index (κ3) is 3.62. The smallest absolute Gasteiger partial charge is 0.259 e. The predicted octanol–water partition coefficient (Wildman–Crippen LogP) is 3.22. The molecule has 0 atom stereocenters. The number of methoxy groups -OCH3 is 1. The van der Waals surface area contributed by atoms with Crippen LogP contribution in [0.15, 0.2) is 47.1 Å². The first kappa shape index (κ1) is 14.6. The van der Waals surface area contributed by atoms with Gasteiger partial charge in [-0.25, -0.2) is 0 Å². The minimum Gasteiger partial charge on any atom is -0.452 e. The zero-order valence-corrected chi connectivity index (χ0v) is 12.0. The van der Waals surface area contributed by atoms with Crippen molar-refractivity contribution in [2.75, 3.05) is 20.3 Å². The molecule has 1 aromatic carbocycles. The zero-order chi connectivity index (χ0) is 14.4. The lowest BCUT2D eigenvalue weighted by Gasteiger charge is -2.22. The van der Waals surface area contributed by atoms with Gasteiger partial charge in [0.2, 0.25) is 5.22 Å². The molecule has 1 aromatic heterocycles. The molecule has 0 bridgehead atoms. The van der Waals surface area contributed by atoms with Crippen LogP contribution in [0.2, 0.25) is 5.22 Å². The van der Waals surface area contributed by atoms with Gasteiger partial charge in [0.15, 0.2) is 0 Å². The Kier molecular flexibility index (Phi) is 5.21. The van der Waals surface area contributed by atoms with Gasteiger partial charge in [-0.3, -0.25) is 4.79 Å². The summed E-state index contributed by atoms with van der Waals surface area (Å²) in [6.45, 7) is 1.46. The Balaban J connectivity index is 2.15. The van der Waals surface area contributed by atoms with E-state index in [2.05, 4.69) is 0 Å². The minimum atomic E-state index is -0.162. The van der Waals surface area contributed by atoms with Crippen molar-refractivity contribution in [2.24, 2.45) is 0 Å². The summed E-state index contributed by atoms with van der Waals surface area (Å²) < 4.78 is 10.0. The van der Waals surface area contributed by atoms with Gasteiger partial charge in [0.05, 0.1) is 18.4 Å². The SMILES string of the molecule is COCCN(Cc1ccccc1)C(=O)c1ccoc1Cl. The molecule has 0 saturated heterocycles. The molecule has 0 aliphatic carbocycles. The normalized spacial score (nSPS) is 10.5.